The standard InChI is InChI=1S/C49H86O15P2/c1-3-5-7-9-11-13-15-17-19-21-23-25-27-29-31-33-35-37-48(53)59-39-45(50)41-61-65(55,56)63-43-47(52)44-64-66(57,58)62-42-46(51)40-60-49(54)38-36-34-32-30-28-26-24-22-20-18-16-14-12-10-8-6-4-2/h11-14,17-20,23-26,45-47,50-52H,3-10,15-16,21-22,27-44H2,1-2H3,(H,55,56)(H,57,58)/b13-11-,14-12-,19-17-,20-18-,25-23-,26-24-. The van der Waals surface area contributed by atoms with Crippen LogP contribution in [0.25, 0.3) is 0 Å². The van der Waals surface area contributed by atoms with Crippen molar-refractivity contribution in [2.45, 2.75) is 186 Å². The maximum Gasteiger partial charge on any atom is 0.472 e. The van der Waals surface area contributed by atoms with Crippen LogP contribution in [0.3, 0.4) is 0 Å². The van der Waals surface area contributed by atoms with Crippen LogP contribution in [0.5, 0.6) is 0 Å². The Bertz CT molecular complexity index is 1360. The van der Waals surface area contributed by atoms with Gasteiger partial charge in [-0.2, -0.15) is 0 Å². The van der Waals surface area contributed by atoms with Gasteiger partial charge in [-0.15, -0.1) is 0 Å². The predicted molar refractivity (Wildman–Crippen MR) is 260 cm³/mol. The Morgan fingerprint density at radius 3 is 0.955 bits per heavy atom. The van der Waals surface area contributed by atoms with Gasteiger partial charge in [0.15, 0.2) is 0 Å². The van der Waals surface area contributed by atoms with Crippen molar-refractivity contribution in [3.63, 3.8) is 0 Å². The van der Waals surface area contributed by atoms with Crippen molar-refractivity contribution in [2.75, 3.05) is 39.6 Å². The van der Waals surface area contributed by atoms with Crippen molar-refractivity contribution in [3.8, 4) is 0 Å². The maximum atomic E-state index is 12.2. The molecule has 5 N–H and O–H groups in total. The minimum atomic E-state index is -4.80. The van der Waals surface area contributed by atoms with E-state index in [4.69, 9.17) is 9.47 Å². The highest BCUT2D eigenvalue weighted by Gasteiger charge is 2.28. The summed E-state index contributed by atoms with van der Waals surface area (Å²) in [7, 11) is -9.59. The fourth-order valence-electron chi connectivity index (χ4n) is 5.81. The molecule has 15 nitrogen and oxygen atoms in total. The van der Waals surface area contributed by atoms with Crippen LogP contribution in [0.1, 0.15) is 168 Å². The lowest BCUT2D eigenvalue weighted by atomic mass is 10.1. The van der Waals surface area contributed by atoms with E-state index in [1.54, 1.807) is 0 Å². The highest BCUT2D eigenvalue weighted by molar-refractivity contribution is 7.47. The molecular formula is C49H86O15P2. The zero-order chi connectivity index (χ0) is 48.8. The molecule has 0 spiro atoms. The molecule has 0 saturated heterocycles. The second-order valence-corrected chi connectivity index (χ2v) is 19.0. The number of hydrogen-bond donors (Lipinski definition) is 5. The van der Waals surface area contributed by atoms with E-state index < -0.39 is 85.5 Å². The second-order valence-electron chi connectivity index (χ2n) is 16.1. The summed E-state index contributed by atoms with van der Waals surface area (Å²) in [5.74, 6) is -1.04. The molecule has 4 atom stereocenters. The number of carbonyl (C=O) groups is 2. The third kappa shape index (κ3) is 46.6. The highest BCUT2D eigenvalue weighted by Crippen LogP contribution is 2.45. The second kappa shape index (κ2) is 45.0. The Balaban J connectivity index is 3.95. The average molecular weight is 977 g/mol. The third-order valence-corrected chi connectivity index (χ3v) is 11.5. The van der Waals surface area contributed by atoms with Crippen molar-refractivity contribution in [2.24, 2.45) is 0 Å². The molecule has 0 rings (SSSR count). The van der Waals surface area contributed by atoms with E-state index in [2.05, 4.69) is 105 Å². The Kier molecular flexibility index (Phi) is 43.2. The molecule has 0 radical (unpaired) electrons. The number of hydrogen-bond acceptors (Lipinski definition) is 13. The quantitative estimate of drug-likeness (QED) is 0.0166. The van der Waals surface area contributed by atoms with Crippen molar-refractivity contribution < 1.29 is 71.4 Å². The van der Waals surface area contributed by atoms with Gasteiger partial charge in [0.05, 0.1) is 26.4 Å². The van der Waals surface area contributed by atoms with E-state index in [0.717, 1.165) is 89.9 Å². The molecule has 0 amide bonds. The molecule has 4 unspecified atom stereocenters. The molecule has 0 heterocycles. The smallest absolute Gasteiger partial charge is 0.463 e. The lowest BCUT2D eigenvalue weighted by molar-refractivity contribution is -0.148. The molecule has 66 heavy (non-hydrogen) atoms. The number of aliphatic hydroxyl groups excluding tert-OH is 3. The molecule has 0 aromatic heterocycles. The molecule has 0 aliphatic rings. The summed E-state index contributed by atoms with van der Waals surface area (Å²) in [5.41, 5.74) is 0. The predicted octanol–water partition coefficient (Wildman–Crippen LogP) is 11.2. The Morgan fingerprint density at radius 1 is 0.394 bits per heavy atom. The number of rotatable bonds is 46. The first-order valence-corrected chi connectivity index (χ1v) is 27.3. The molecule has 382 valence electrons. The number of unbranched alkanes of at least 4 members (excludes halogenated alkanes) is 14. The van der Waals surface area contributed by atoms with E-state index in [1.807, 2.05) is 0 Å². The monoisotopic (exact) mass is 977 g/mol. The zero-order valence-electron chi connectivity index (χ0n) is 40.1. The normalized spacial score (nSPS) is 15.7. The molecule has 0 aliphatic carbocycles. The van der Waals surface area contributed by atoms with Gasteiger partial charge < -0.3 is 34.6 Å². The minimum absolute atomic E-state index is 0.168. The van der Waals surface area contributed by atoms with Gasteiger partial charge in [-0.05, 0) is 89.9 Å². The Labute approximate surface area is 396 Å². The summed E-state index contributed by atoms with van der Waals surface area (Å²) in [5, 5.41) is 30.0. The first-order valence-electron chi connectivity index (χ1n) is 24.3. The van der Waals surface area contributed by atoms with Crippen LogP contribution in [0.15, 0.2) is 72.9 Å². The number of carbonyl (C=O) groups excluding carboxylic acids is 2. The molecular weight excluding hydrogens is 890 g/mol. The largest absolute Gasteiger partial charge is 0.472 e. The van der Waals surface area contributed by atoms with Crippen molar-refractivity contribution in [1.29, 1.82) is 0 Å². The van der Waals surface area contributed by atoms with Crippen molar-refractivity contribution in [1.82, 2.24) is 0 Å². The molecule has 0 saturated carbocycles. The summed E-state index contributed by atoms with van der Waals surface area (Å²) >= 11 is 0. The molecule has 0 aromatic carbocycles. The SMILES string of the molecule is CCCCC/C=C\C/C=C\C/C=C\CCCCCCC(=O)OCC(O)COP(=O)(O)OCC(O)COP(=O)(O)OCC(O)COC(=O)CCCCCC/C=C\C/C=C\C/C=C\CCCCC. The van der Waals surface area contributed by atoms with Gasteiger partial charge in [0, 0.05) is 12.8 Å². The van der Waals surface area contributed by atoms with Gasteiger partial charge >= 0.3 is 27.6 Å². The number of phosphoric ester groups is 2. The average Bonchev–Trinajstić information content (AvgIpc) is 3.29. The van der Waals surface area contributed by atoms with Crippen LogP contribution >= 0.6 is 15.6 Å². The van der Waals surface area contributed by atoms with Gasteiger partial charge in [-0.25, -0.2) is 9.13 Å². The Hall–Kier alpha value is -2.52. The lowest BCUT2D eigenvalue weighted by Gasteiger charge is -2.19. The summed E-state index contributed by atoms with van der Waals surface area (Å²) < 4.78 is 53.0. The van der Waals surface area contributed by atoms with Gasteiger partial charge in [0.25, 0.3) is 0 Å². The van der Waals surface area contributed by atoms with Crippen molar-refractivity contribution in [3.05, 3.63) is 72.9 Å². The topological polar surface area (TPSA) is 225 Å². The maximum absolute atomic E-state index is 12.2. The number of allylic oxidation sites excluding steroid dienone is 12. The first kappa shape index (κ1) is 63.5. The fraction of sp³-hybridized carbons (Fsp3) is 0.714. The molecule has 0 bridgehead atoms. The van der Waals surface area contributed by atoms with Crippen LogP contribution in [-0.4, -0.2) is 95.0 Å². The summed E-state index contributed by atoms with van der Waals surface area (Å²) in [6.45, 7) is 0.296. The highest BCUT2D eigenvalue weighted by atomic mass is 31.2. The van der Waals surface area contributed by atoms with E-state index >= 15 is 0 Å². The van der Waals surface area contributed by atoms with Crippen molar-refractivity contribution >= 4 is 27.6 Å². The number of phosphoric acid groups is 2. The fourth-order valence-corrected chi connectivity index (χ4v) is 7.40. The summed E-state index contributed by atoms with van der Waals surface area (Å²) in [6, 6.07) is 0. The van der Waals surface area contributed by atoms with E-state index in [1.165, 1.54) is 38.5 Å². The van der Waals surface area contributed by atoms with Gasteiger partial charge in [0.1, 0.15) is 31.5 Å². The minimum Gasteiger partial charge on any atom is -0.463 e. The van der Waals surface area contributed by atoms with Crippen LogP contribution < -0.4 is 0 Å². The van der Waals surface area contributed by atoms with Gasteiger partial charge in [-0.3, -0.25) is 27.7 Å². The Morgan fingerprint density at radius 2 is 0.652 bits per heavy atom. The summed E-state index contributed by atoms with van der Waals surface area (Å²) in [4.78, 5) is 43.8. The van der Waals surface area contributed by atoms with E-state index in [9.17, 15) is 43.8 Å². The first-order chi connectivity index (χ1) is 31.8. The number of esters is 2. The lowest BCUT2D eigenvalue weighted by Crippen LogP contribution is -2.25. The van der Waals surface area contributed by atoms with E-state index in [0.29, 0.717) is 12.8 Å². The number of aliphatic hydroxyl groups is 3. The zero-order valence-corrected chi connectivity index (χ0v) is 41.9. The third-order valence-electron chi connectivity index (χ3n) is 9.63. The van der Waals surface area contributed by atoms with Crippen LogP contribution in [0.4, 0.5) is 0 Å². The van der Waals surface area contributed by atoms with Crippen LogP contribution in [0, 0.1) is 0 Å². The van der Waals surface area contributed by atoms with E-state index in [-0.39, 0.29) is 12.8 Å². The van der Waals surface area contributed by atoms with Crippen LogP contribution in [0.2, 0.25) is 0 Å². The molecule has 0 fully saturated rings. The molecule has 17 heteroatoms. The summed E-state index contributed by atoms with van der Waals surface area (Å²) in [6.07, 6.45) is 44.5. The molecule has 0 aliphatic heterocycles. The number of ether oxygens (including phenoxy) is 2. The molecule has 0 aromatic rings. The van der Waals surface area contributed by atoms with Gasteiger partial charge in [-0.1, -0.05) is 138 Å². The van der Waals surface area contributed by atoms with Gasteiger partial charge in [0.2, 0.25) is 0 Å². The van der Waals surface area contributed by atoms with Crippen LogP contribution in [-0.2, 0) is 46.3 Å².